The topological polar surface area (TPSA) is 47.9 Å². The molecular weight excluding hydrogens is 196 g/mol. The van der Waals surface area contributed by atoms with Crippen molar-refractivity contribution in [3.8, 4) is 0 Å². The van der Waals surface area contributed by atoms with Gasteiger partial charge in [-0.3, -0.25) is 0 Å². The van der Waals surface area contributed by atoms with Gasteiger partial charge in [-0.15, -0.1) is 13.2 Å². The standard InChI is InChI=1S/C11H18O4/c1-4-6-14-9-7-10(13-3)15-8(5-2)11(9)12/h4-5,8-12H,1-2,6-7H2,3H3/t8-,9-,10+,11-/m0/s1. The largest absolute Gasteiger partial charge is 0.387 e. The van der Waals surface area contributed by atoms with Crippen LogP contribution in [0.25, 0.3) is 0 Å². The van der Waals surface area contributed by atoms with Crippen molar-refractivity contribution >= 4 is 0 Å². The quantitative estimate of drug-likeness (QED) is 0.690. The fourth-order valence-electron chi connectivity index (χ4n) is 1.56. The van der Waals surface area contributed by atoms with E-state index in [1.807, 2.05) is 0 Å². The van der Waals surface area contributed by atoms with Crippen molar-refractivity contribution in [3.63, 3.8) is 0 Å². The van der Waals surface area contributed by atoms with E-state index >= 15 is 0 Å². The summed E-state index contributed by atoms with van der Waals surface area (Å²) in [6.45, 7) is 7.57. The van der Waals surface area contributed by atoms with Crippen LogP contribution in [-0.4, -0.2) is 43.4 Å². The van der Waals surface area contributed by atoms with Crippen LogP contribution >= 0.6 is 0 Å². The smallest absolute Gasteiger partial charge is 0.160 e. The molecule has 1 aliphatic rings. The Balaban J connectivity index is 2.58. The van der Waals surface area contributed by atoms with Gasteiger partial charge in [0, 0.05) is 13.5 Å². The zero-order valence-electron chi connectivity index (χ0n) is 8.96. The first kappa shape index (κ1) is 12.4. The second kappa shape index (κ2) is 6.02. The summed E-state index contributed by atoms with van der Waals surface area (Å²) >= 11 is 0. The maximum absolute atomic E-state index is 9.86. The number of hydrogen-bond acceptors (Lipinski definition) is 4. The number of methoxy groups -OCH3 is 1. The Morgan fingerprint density at radius 2 is 2.27 bits per heavy atom. The van der Waals surface area contributed by atoms with Gasteiger partial charge < -0.3 is 19.3 Å². The van der Waals surface area contributed by atoms with Crippen molar-refractivity contribution in [2.24, 2.45) is 0 Å². The maximum Gasteiger partial charge on any atom is 0.160 e. The summed E-state index contributed by atoms with van der Waals surface area (Å²) < 4.78 is 15.9. The molecule has 4 nitrogen and oxygen atoms in total. The molecule has 1 N–H and O–H groups in total. The van der Waals surface area contributed by atoms with E-state index in [0.717, 1.165) is 0 Å². The van der Waals surface area contributed by atoms with Gasteiger partial charge in [-0.2, -0.15) is 0 Å². The molecule has 4 atom stereocenters. The SMILES string of the molecule is C=CCO[C@H]1C[C@H](OC)O[C@@H](C=C)[C@@H]1O. The molecule has 1 heterocycles. The summed E-state index contributed by atoms with van der Waals surface area (Å²) in [6, 6.07) is 0. The number of aliphatic hydroxyl groups is 1. The van der Waals surface area contributed by atoms with Crippen LogP contribution in [0.15, 0.2) is 25.3 Å². The fraction of sp³-hybridized carbons (Fsp3) is 0.636. The maximum atomic E-state index is 9.86. The number of ether oxygens (including phenoxy) is 3. The molecule has 0 bridgehead atoms. The van der Waals surface area contributed by atoms with Gasteiger partial charge in [0.05, 0.1) is 12.7 Å². The lowest BCUT2D eigenvalue weighted by Crippen LogP contribution is -2.49. The van der Waals surface area contributed by atoms with Gasteiger partial charge in [0.25, 0.3) is 0 Å². The molecule has 1 saturated heterocycles. The minimum atomic E-state index is -0.700. The Labute approximate surface area is 90.1 Å². The van der Waals surface area contributed by atoms with Gasteiger partial charge in [0.15, 0.2) is 6.29 Å². The normalized spacial score (nSPS) is 36.1. The third-order valence-electron chi connectivity index (χ3n) is 2.37. The summed E-state index contributed by atoms with van der Waals surface area (Å²) in [5.41, 5.74) is 0. The number of aliphatic hydroxyl groups excluding tert-OH is 1. The van der Waals surface area contributed by atoms with E-state index in [2.05, 4.69) is 13.2 Å². The first-order chi connectivity index (χ1) is 7.22. The van der Waals surface area contributed by atoms with Crippen molar-refractivity contribution < 1.29 is 19.3 Å². The predicted octanol–water partition coefficient (Wildman–Crippen LogP) is 0.866. The van der Waals surface area contributed by atoms with Crippen molar-refractivity contribution in [1.82, 2.24) is 0 Å². The van der Waals surface area contributed by atoms with Gasteiger partial charge in [-0.25, -0.2) is 0 Å². The lowest BCUT2D eigenvalue weighted by molar-refractivity contribution is -0.236. The predicted molar refractivity (Wildman–Crippen MR) is 56.4 cm³/mol. The van der Waals surface area contributed by atoms with Crippen molar-refractivity contribution in [2.45, 2.75) is 31.0 Å². The van der Waals surface area contributed by atoms with E-state index < -0.39 is 12.2 Å². The molecule has 15 heavy (non-hydrogen) atoms. The molecular formula is C11H18O4. The Morgan fingerprint density at radius 3 is 2.80 bits per heavy atom. The first-order valence-electron chi connectivity index (χ1n) is 4.94. The molecule has 1 fully saturated rings. The molecule has 0 unspecified atom stereocenters. The van der Waals surface area contributed by atoms with Crippen molar-refractivity contribution in [2.75, 3.05) is 13.7 Å². The van der Waals surface area contributed by atoms with Crippen molar-refractivity contribution in [1.29, 1.82) is 0 Å². The van der Waals surface area contributed by atoms with Gasteiger partial charge in [-0.1, -0.05) is 12.2 Å². The fourth-order valence-corrected chi connectivity index (χ4v) is 1.56. The molecule has 0 aromatic rings. The molecule has 4 heteroatoms. The van der Waals surface area contributed by atoms with E-state index in [1.165, 1.54) is 0 Å². The zero-order chi connectivity index (χ0) is 11.3. The summed E-state index contributed by atoms with van der Waals surface area (Å²) in [5.74, 6) is 0. The summed E-state index contributed by atoms with van der Waals surface area (Å²) in [7, 11) is 1.56. The summed E-state index contributed by atoms with van der Waals surface area (Å²) in [6.07, 6.45) is 1.91. The molecule has 0 spiro atoms. The Morgan fingerprint density at radius 1 is 1.53 bits per heavy atom. The molecule has 1 rings (SSSR count). The average Bonchev–Trinajstić information content (AvgIpc) is 2.27. The van der Waals surface area contributed by atoms with Crippen molar-refractivity contribution in [3.05, 3.63) is 25.3 Å². The highest BCUT2D eigenvalue weighted by atomic mass is 16.7. The molecule has 1 aliphatic heterocycles. The van der Waals surface area contributed by atoms with Gasteiger partial charge in [0.1, 0.15) is 12.2 Å². The Hall–Kier alpha value is -0.680. The van der Waals surface area contributed by atoms with Gasteiger partial charge in [0.2, 0.25) is 0 Å². The molecule has 0 aromatic carbocycles. The van der Waals surface area contributed by atoms with Crippen LogP contribution in [0.4, 0.5) is 0 Å². The Kier molecular flexibility index (Phi) is 4.98. The highest BCUT2D eigenvalue weighted by Crippen LogP contribution is 2.23. The lowest BCUT2D eigenvalue weighted by Gasteiger charge is -2.37. The molecule has 0 saturated carbocycles. The molecule has 0 aliphatic carbocycles. The third kappa shape index (κ3) is 3.14. The lowest BCUT2D eigenvalue weighted by atomic mass is 10.0. The molecule has 0 aromatic heterocycles. The zero-order valence-corrected chi connectivity index (χ0v) is 8.96. The third-order valence-corrected chi connectivity index (χ3v) is 2.37. The van der Waals surface area contributed by atoms with Crippen LogP contribution < -0.4 is 0 Å². The van der Waals surface area contributed by atoms with E-state index in [1.54, 1.807) is 19.3 Å². The molecule has 86 valence electrons. The second-order valence-electron chi connectivity index (χ2n) is 3.39. The van der Waals surface area contributed by atoms with E-state index in [4.69, 9.17) is 14.2 Å². The van der Waals surface area contributed by atoms with Crippen LogP contribution in [0.1, 0.15) is 6.42 Å². The Bertz CT molecular complexity index is 217. The van der Waals surface area contributed by atoms with Gasteiger partial charge >= 0.3 is 0 Å². The number of hydrogen-bond donors (Lipinski definition) is 1. The molecule has 0 amide bonds. The van der Waals surface area contributed by atoms with E-state index in [9.17, 15) is 5.11 Å². The minimum Gasteiger partial charge on any atom is -0.387 e. The van der Waals surface area contributed by atoms with Gasteiger partial charge in [-0.05, 0) is 0 Å². The first-order valence-corrected chi connectivity index (χ1v) is 4.94. The summed E-state index contributed by atoms with van der Waals surface area (Å²) in [5, 5.41) is 9.86. The van der Waals surface area contributed by atoms with Crippen LogP contribution in [0.3, 0.4) is 0 Å². The van der Waals surface area contributed by atoms with Crippen LogP contribution in [0.5, 0.6) is 0 Å². The molecule has 0 radical (unpaired) electrons. The average molecular weight is 214 g/mol. The van der Waals surface area contributed by atoms with Crippen LogP contribution in [-0.2, 0) is 14.2 Å². The minimum absolute atomic E-state index is 0.301. The highest BCUT2D eigenvalue weighted by Gasteiger charge is 2.36. The highest BCUT2D eigenvalue weighted by molar-refractivity contribution is 4.94. The van der Waals surface area contributed by atoms with Crippen LogP contribution in [0.2, 0.25) is 0 Å². The van der Waals surface area contributed by atoms with Crippen LogP contribution in [0, 0.1) is 0 Å². The second-order valence-corrected chi connectivity index (χ2v) is 3.39. The van der Waals surface area contributed by atoms with E-state index in [-0.39, 0.29) is 12.4 Å². The monoisotopic (exact) mass is 214 g/mol. The number of rotatable bonds is 5. The summed E-state index contributed by atoms with van der Waals surface area (Å²) in [4.78, 5) is 0. The van der Waals surface area contributed by atoms with E-state index in [0.29, 0.717) is 13.0 Å².